The van der Waals surface area contributed by atoms with E-state index in [1.165, 1.54) is 64.2 Å². The van der Waals surface area contributed by atoms with Gasteiger partial charge in [0, 0.05) is 25.0 Å². The van der Waals surface area contributed by atoms with E-state index in [2.05, 4.69) is 4.74 Å². The molecule has 0 fully saturated rings. The van der Waals surface area contributed by atoms with Gasteiger partial charge < -0.3 is 19.8 Å². The second kappa shape index (κ2) is 14.8. The second-order valence-electron chi connectivity index (χ2n) is 7.13. The van der Waals surface area contributed by atoms with Gasteiger partial charge in [0.15, 0.2) is 0 Å². The molecule has 1 aromatic rings. The molecule has 0 spiro atoms. The number of carbonyl (C=O) groups is 2. The van der Waals surface area contributed by atoms with Crippen molar-refractivity contribution >= 4 is 11.9 Å². The predicted octanol–water partition coefficient (Wildman–Crippen LogP) is 4.49. The Morgan fingerprint density at radius 2 is 1.07 bits per heavy atom. The number of ether oxygens (including phenoxy) is 1. The van der Waals surface area contributed by atoms with Crippen molar-refractivity contribution in [2.45, 2.75) is 89.9 Å². The molecule has 0 aliphatic heterocycles. The molecule has 7 nitrogen and oxygen atoms in total. The molecule has 0 aromatic carbocycles. The highest BCUT2D eigenvalue weighted by Gasteiger charge is 2.11. The first-order chi connectivity index (χ1) is 13.5. The normalized spacial score (nSPS) is 10.8. The van der Waals surface area contributed by atoms with Gasteiger partial charge in [0.05, 0.1) is 7.11 Å². The molecular weight excluding hydrogens is 362 g/mol. The van der Waals surface area contributed by atoms with Crippen molar-refractivity contribution in [3.05, 3.63) is 12.1 Å². The maximum atomic E-state index is 11.7. The number of hydrogen-bond donors (Lipinski definition) is 2. The number of hydrogen-bond acceptors (Lipinski definition) is 6. The summed E-state index contributed by atoms with van der Waals surface area (Å²) in [6.45, 7) is 0. The highest BCUT2D eigenvalue weighted by molar-refractivity contribution is 5.70. The van der Waals surface area contributed by atoms with Crippen LogP contribution in [0.3, 0.4) is 0 Å². The molecule has 7 heteroatoms. The molecule has 0 aliphatic carbocycles. The van der Waals surface area contributed by atoms with Crippen LogP contribution >= 0.6 is 0 Å². The SMILES string of the molecule is COC(=O)CCCCCCCCCCCCCCC(=O)On1c(O)ccc1O. The molecule has 2 N–H and O–H groups in total. The summed E-state index contributed by atoms with van der Waals surface area (Å²) in [5.41, 5.74) is 0. The minimum absolute atomic E-state index is 0.114. The average Bonchev–Trinajstić information content (AvgIpc) is 2.99. The number of esters is 1. The zero-order valence-electron chi connectivity index (χ0n) is 17.0. The van der Waals surface area contributed by atoms with E-state index in [0.29, 0.717) is 6.42 Å². The molecule has 0 saturated heterocycles. The molecule has 0 saturated carbocycles. The number of rotatable bonds is 16. The van der Waals surface area contributed by atoms with Crippen LogP contribution in [0.5, 0.6) is 11.8 Å². The molecule has 1 aromatic heterocycles. The Morgan fingerprint density at radius 3 is 1.46 bits per heavy atom. The van der Waals surface area contributed by atoms with Gasteiger partial charge in [0.25, 0.3) is 0 Å². The van der Waals surface area contributed by atoms with Crippen LogP contribution in [0.2, 0.25) is 0 Å². The van der Waals surface area contributed by atoms with Gasteiger partial charge in [-0.1, -0.05) is 64.2 Å². The number of methoxy groups -OCH3 is 1. The first-order valence-corrected chi connectivity index (χ1v) is 10.4. The van der Waals surface area contributed by atoms with E-state index >= 15 is 0 Å². The maximum Gasteiger partial charge on any atom is 0.333 e. The van der Waals surface area contributed by atoms with Gasteiger partial charge in [-0.25, -0.2) is 4.79 Å². The number of nitrogens with zero attached hydrogens (tertiary/aromatic N) is 1. The second-order valence-corrected chi connectivity index (χ2v) is 7.13. The van der Waals surface area contributed by atoms with E-state index < -0.39 is 5.97 Å². The van der Waals surface area contributed by atoms with Gasteiger partial charge in [0.1, 0.15) is 0 Å². The third-order valence-electron chi connectivity index (χ3n) is 4.73. The van der Waals surface area contributed by atoms with E-state index in [1.54, 1.807) is 0 Å². The molecule has 1 heterocycles. The zero-order chi connectivity index (χ0) is 20.6. The van der Waals surface area contributed by atoms with E-state index in [1.807, 2.05) is 0 Å². The average molecular weight is 398 g/mol. The van der Waals surface area contributed by atoms with Gasteiger partial charge in [-0.3, -0.25) is 4.79 Å². The fraction of sp³-hybridized carbons (Fsp3) is 0.714. The van der Waals surface area contributed by atoms with E-state index in [0.717, 1.165) is 36.8 Å². The molecule has 0 unspecified atom stereocenters. The third-order valence-corrected chi connectivity index (χ3v) is 4.73. The number of aromatic hydroxyl groups is 2. The Hall–Kier alpha value is -2.18. The molecule has 28 heavy (non-hydrogen) atoms. The lowest BCUT2D eigenvalue weighted by Gasteiger charge is -2.06. The predicted molar refractivity (Wildman–Crippen MR) is 106 cm³/mol. The number of unbranched alkanes of at least 4 members (excludes halogenated alkanes) is 11. The first kappa shape index (κ1) is 23.9. The van der Waals surface area contributed by atoms with Gasteiger partial charge in [-0.2, -0.15) is 0 Å². The Labute approximate surface area is 167 Å². The molecule has 0 atom stereocenters. The lowest BCUT2D eigenvalue weighted by molar-refractivity contribution is -0.145. The highest BCUT2D eigenvalue weighted by Crippen LogP contribution is 2.19. The Kier molecular flexibility index (Phi) is 12.6. The minimum Gasteiger partial charge on any atom is -0.492 e. The summed E-state index contributed by atoms with van der Waals surface area (Å²) in [7, 11) is 1.43. The van der Waals surface area contributed by atoms with Crippen molar-refractivity contribution in [1.82, 2.24) is 4.73 Å². The van der Waals surface area contributed by atoms with Crippen LogP contribution in [0, 0.1) is 0 Å². The monoisotopic (exact) mass is 397 g/mol. The van der Waals surface area contributed by atoms with Crippen molar-refractivity contribution in [3.63, 3.8) is 0 Å². The third kappa shape index (κ3) is 10.8. The molecule has 0 amide bonds. The smallest absolute Gasteiger partial charge is 0.333 e. The fourth-order valence-electron chi connectivity index (χ4n) is 3.05. The lowest BCUT2D eigenvalue weighted by Crippen LogP contribution is -2.18. The maximum absolute atomic E-state index is 11.7. The van der Waals surface area contributed by atoms with Crippen molar-refractivity contribution in [2.24, 2.45) is 0 Å². The molecule has 0 aliphatic rings. The molecule has 0 bridgehead atoms. The highest BCUT2D eigenvalue weighted by atomic mass is 16.7. The van der Waals surface area contributed by atoms with Crippen LogP contribution in [-0.4, -0.2) is 34.0 Å². The zero-order valence-corrected chi connectivity index (χ0v) is 17.0. The van der Waals surface area contributed by atoms with Gasteiger partial charge in [-0.15, -0.1) is 4.73 Å². The van der Waals surface area contributed by atoms with Crippen molar-refractivity contribution < 1.29 is 29.4 Å². The van der Waals surface area contributed by atoms with Crippen molar-refractivity contribution in [3.8, 4) is 11.8 Å². The Balaban J connectivity index is 1.84. The minimum atomic E-state index is -0.464. The van der Waals surface area contributed by atoms with Crippen LogP contribution in [0.4, 0.5) is 0 Å². The van der Waals surface area contributed by atoms with Crippen molar-refractivity contribution in [1.29, 1.82) is 0 Å². The summed E-state index contributed by atoms with van der Waals surface area (Å²) < 4.78 is 5.34. The van der Waals surface area contributed by atoms with Crippen LogP contribution in [0.15, 0.2) is 12.1 Å². The molecule has 0 radical (unpaired) electrons. The van der Waals surface area contributed by atoms with Crippen LogP contribution in [0.25, 0.3) is 0 Å². The Morgan fingerprint density at radius 1 is 0.714 bits per heavy atom. The summed E-state index contributed by atoms with van der Waals surface area (Å²) in [5, 5.41) is 18.8. The summed E-state index contributed by atoms with van der Waals surface area (Å²) in [6, 6.07) is 2.52. The lowest BCUT2D eigenvalue weighted by atomic mass is 10.0. The van der Waals surface area contributed by atoms with Crippen molar-refractivity contribution in [2.75, 3.05) is 7.11 Å². The number of aromatic nitrogens is 1. The molecule has 1 rings (SSSR count). The van der Waals surface area contributed by atoms with Gasteiger partial charge in [-0.05, 0) is 12.8 Å². The van der Waals surface area contributed by atoms with E-state index in [4.69, 9.17) is 4.84 Å². The van der Waals surface area contributed by atoms with E-state index in [9.17, 15) is 19.8 Å². The van der Waals surface area contributed by atoms with Crippen LogP contribution in [0.1, 0.15) is 89.9 Å². The Bertz CT molecular complexity index is 550. The molecular formula is C21H35NO6. The van der Waals surface area contributed by atoms with E-state index in [-0.39, 0.29) is 24.2 Å². The summed E-state index contributed by atoms with van der Waals surface area (Å²) >= 11 is 0. The summed E-state index contributed by atoms with van der Waals surface area (Å²) in [5.74, 6) is -1.18. The first-order valence-electron chi connectivity index (χ1n) is 10.4. The number of carbonyl (C=O) groups excluding carboxylic acids is 2. The standard InChI is InChI=1S/C21H35NO6/c1-27-20(25)14-12-10-8-6-4-2-3-5-7-9-11-13-15-21(26)28-22-18(23)16-17-19(22)24/h16-17,23-24H,2-15H2,1H3. The molecule has 160 valence electrons. The fourth-order valence-corrected chi connectivity index (χ4v) is 3.05. The van der Waals surface area contributed by atoms with Crippen LogP contribution < -0.4 is 4.84 Å². The largest absolute Gasteiger partial charge is 0.492 e. The van der Waals surface area contributed by atoms with Crippen LogP contribution in [-0.2, 0) is 14.3 Å². The van der Waals surface area contributed by atoms with Gasteiger partial charge in [0.2, 0.25) is 11.8 Å². The summed E-state index contributed by atoms with van der Waals surface area (Å²) in [6.07, 6.45) is 14.2. The van der Waals surface area contributed by atoms with Gasteiger partial charge >= 0.3 is 11.9 Å². The quantitative estimate of drug-likeness (QED) is 0.315. The topological polar surface area (TPSA) is 98.0 Å². The summed E-state index contributed by atoms with van der Waals surface area (Å²) in [4.78, 5) is 27.5.